The van der Waals surface area contributed by atoms with Gasteiger partial charge in [-0.3, -0.25) is 14.4 Å². The Morgan fingerprint density at radius 2 is 1.49 bits per heavy atom. The fourth-order valence-electron chi connectivity index (χ4n) is 4.15. The third-order valence-electron chi connectivity index (χ3n) is 6.31. The molecule has 2 aromatic carbocycles. The number of phenols is 1. The van der Waals surface area contributed by atoms with E-state index < -0.39 is 29.7 Å². The molecule has 202 valence electrons. The Hall–Kier alpha value is -3.55. The molecule has 2 aromatic rings. The van der Waals surface area contributed by atoms with Crippen molar-refractivity contribution in [3.8, 4) is 11.5 Å². The minimum Gasteiger partial charge on any atom is -0.508 e. The first-order valence-corrected chi connectivity index (χ1v) is 13.1. The summed E-state index contributed by atoms with van der Waals surface area (Å²) in [5.74, 6) is -1.87. The Balaban J connectivity index is 2.08. The van der Waals surface area contributed by atoms with Gasteiger partial charge in [-0.05, 0) is 48.4 Å². The molecule has 8 nitrogen and oxygen atoms in total. The highest BCUT2D eigenvalue weighted by molar-refractivity contribution is 5.98. The van der Waals surface area contributed by atoms with E-state index >= 15 is 0 Å². The highest BCUT2D eigenvalue weighted by Gasteiger charge is 2.27. The van der Waals surface area contributed by atoms with Crippen molar-refractivity contribution in [2.24, 2.45) is 5.92 Å². The van der Waals surface area contributed by atoms with Crippen LogP contribution in [0.25, 0.3) is 0 Å². The summed E-state index contributed by atoms with van der Waals surface area (Å²) in [4.78, 5) is 37.8. The van der Waals surface area contributed by atoms with Gasteiger partial charge in [0.25, 0.3) is 0 Å². The van der Waals surface area contributed by atoms with E-state index in [4.69, 9.17) is 4.74 Å². The van der Waals surface area contributed by atoms with Gasteiger partial charge < -0.3 is 25.6 Å². The van der Waals surface area contributed by atoms with Crippen molar-refractivity contribution in [2.75, 3.05) is 12.4 Å². The number of carbonyl (C=O) groups is 3. The van der Waals surface area contributed by atoms with Gasteiger partial charge in [0.05, 0.1) is 13.5 Å². The van der Waals surface area contributed by atoms with Gasteiger partial charge in [-0.15, -0.1) is 0 Å². The maximum Gasteiger partial charge on any atom is 0.304 e. The van der Waals surface area contributed by atoms with Gasteiger partial charge in [0, 0.05) is 18.0 Å². The van der Waals surface area contributed by atoms with Gasteiger partial charge in [-0.2, -0.15) is 0 Å². The molecular formula is C29H40N2O6. The number of benzene rings is 2. The molecule has 2 atom stereocenters. The molecule has 0 fully saturated rings. The van der Waals surface area contributed by atoms with Crippen LogP contribution in [0.15, 0.2) is 48.5 Å². The Kier molecular flexibility index (Phi) is 13.0. The average Bonchev–Trinajstić information content (AvgIpc) is 2.88. The smallest absolute Gasteiger partial charge is 0.304 e. The number of aromatic hydroxyl groups is 1. The van der Waals surface area contributed by atoms with Crippen LogP contribution in [0, 0.1) is 5.92 Å². The summed E-state index contributed by atoms with van der Waals surface area (Å²) >= 11 is 0. The number of hydrogen-bond donors (Lipinski definition) is 4. The summed E-state index contributed by atoms with van der Waals surface area (Å²) in [5, 5.41) is 24.6. The van der Waals surface area contributed by atoms with E-state index in [0.717, 1.165) is 31.2 Å². The molecule has 2 amide bonds. The summed E-state index contributed by atoms with van der Waals surface area (Å²) in [6, 6.07) is 12.3. The number of phenolic OH excluding ortho intramolecular Hbond substituents is 1. The molecular weight excluding hydrogens is 472 g/mol. The molecule has 0 saturated carbocycles. The number of hydrogen-bond acceptors (Lipinski definition) is 5. The van der Waals surface area contributed by atoms with E-state index in [1.165, 1.54) is 31.4 Å². The van der Waals surface area contributed by atoms with Crippen LogP contribution in [-0.2, 0) is 20.8 Å². The van der Waals surface area contributed by atoms with Crippen LogP contribution in [0.3, 0.4) is 0 Å². The van der Waals surface area contributed by atoms with E-state index in [2.05, 4.69) is 17.6 Å². The molecule has 0 aliphatic heterocycles. The number of carboxylic acids is 1. The first-order valence-electron chi connectivity index (χ1n) is 13.1. The van der Waals surface area contributed by atoms with E-state index in [9.17, 15) is 24.6 Å². The fraction of sp³-hybridized carbons (Fsp3) is 0.483. The number of amides is 2. The average molecular weight is 513 g/mol. The zero-order chi connectivity index (χ0) is 27.0. The maximum absolute atomic E-state index is 13.2. The summed E-state index contributed by atoms with van der Waals surface area (Å²) in [5.41, 5.74) is 1.29. The Bertz CT molecular complexity index is 975. The molecule has 37 heavy (non-hydrogen) atoms. The highest BCUT2D eigenvalue weighted by atomic mass is 16.5. The second-order valence-corrected chi connectivity index (χ2v) is 9.35. The first kappa shape index (κ1) is 29.7. The van der Waals surface area contributed by atoms with Crippen LogP contribution in [0.2, 0.25) is 0 Å². The summed E-state index contributed by atoms with van der Waals surface area (Å²) in [6.45, 7) is 2.17. The van der Waals surface area contributed by atoms with Crippen molar-refractivity contribution in [1.82, 2.24) is 5.32 Å². The minimum atomic E-state index is -1.04. The minimum absolute atomic E-state index is 0.100. The molecule has 0 spiro atoms. The quantitative estimate of drug-likeness (QED) is 0.213. The molecule has 0 aromatic heterocycles. The number of rotatable bonds is 17. The van der Waals surface area contributed by atoms with Crippen LogP contribution in [0.1, 0.15) is 70.3 Å². The van der Waals surface area contributed by atoms with Gasteiger partial charge in [-0.1, -0.05) is 64.0 Å². The standard InChI is InChI=1S/C29H40N2O6/c1-3-4-5-6-7-8-9-10-22(20-27(33)34)28(35)31-26(19-21-11-15-24(32)16-12-21)29(36)30-23-13-17-25(37-2)18-14-23/h11-18,22,26,32H,3-10,19-20H2,1-2H3,(H,30,36)(H,31,35)(H,33,34)/t22-,26+/m0/s1. The van der Waals surface area contributed by atoms with Crippen molar-refractivity contribution in [2.45, 2.75) is 77.2 Å². The molecule has 0 aliphatic rings. The maximum atomic E-state index is 13.2. The number of unbranched alkanes of at least 4 members (excludes halogenated alkanes) is 6. The lowest BCUT2D eigenvalue weighted by atomic mass is 9.95. The van der Waals surface area contributed by atoms with Gasteiger partial charge in [0.2, 0.25) is 11.8 Å². The Labute approximate surface area is 219 Å². The molecule has 2 rings (SSSR count). The normalized spacial score (nSPS) is 12.4. The zero-order valence-electron chi connectivity index (χ0n) is 21.9. The second kappa shape index (κ2) is 16.2. The Morgan fingerprint density at radius 3 is 2.08 bits per heavy atom. The summed E-state index contributed by atoms with van der Waals surface area (Å²) in [6.07, 6.45) is 7.86. The largest absolute Gasteiger partial charge is 0.508 e. The number of anilines is 1. The SMILES string of the molecule is CCCCCCCCC[C@@H](CC(=O)O)C(=O)N[C@H](Cc1ccc(O)cc1)C(=O)Nc1ccc(OC)cc1. The lowest BCUT2D eigenvalue weighted by Crippen LogP contribution is -2.47. The number of carboxylic acid groups (broad SMARTS) is 1. The summed E-state index contributed by atoms with van der Waals surface area (Å²) in [7, 11) is 1.55. The number of ether oxygens (including phenoxy) is 1. The fourth-order valence-corrected chi connectivity index (χ4v) is 4.15. The molecule has 0 unspecified atom stereocenters. The lowest BCUT2D eigenvalue weighted by Gasteiger charge is -2.22. The van der Waals surface area contributed by atoms with Gasteiger partial charge in [0.1, 0.15) is 17.5 Å². The molecule has 0 saturated heterocycles. The van der Waals surface area contributed by atoms with Gasteiger partial charge in [0.15, 0.2) is 0 Å². The first-order chi connectivity index (χ1) is 17.8. The lowest BCUT2D eigenvalue weighted by molar-refractivity contribution is -0.141. The second-order valence-electron chi connectivity index (χ2n) is 9.35. The number of carbonyl (C=O) groups excluding carboxylic acids is 2. The van der Waals surface area contributed by atoms with Crippen LogP contribution in [0.4, 0.5) is 5.69 Å². The number of nitrogens with one attached hydrogen (secondary N) is 2. The van der Waals surface area contributed by atoms with Gasteiger partial charge >= 0.3 is 5.97 Å². The molecule has 0 bridgehead atoms. The van der Waals surface area contributed by atoms with Crippen LogP contribution in [0.5, 0.6) is 11.5 Å². The van der Waals surface area contributed by atoms with Crippen molar-refractivity contribution >= 4 is 23.5 Å². The molecule has 4 N–H and O–H groups in total. The molecule has 0 heterocycles. The third kappa shape index (κ3) is 11.4. The zero-order valence-corrected chi connectivity index (χ0v) is 21.9. The van der Waals surface area contributed by atoms with Crippen LogP contribution >= 0.6 is 0 Å². The highest BCUT2D eigenvalue weighted by Crippen LogP contribution is 2.19. The van der Waals surface area contributed by atoms with Crippen molar-refractivity contribution in [1.29, 1.82) is 0 Å². The van der Waals surface area contributed by atoms with Crippen molar-refractivity contribution in [3.63, 3.8) is 0 Å². The van der Waals surface area contributed by atoms with E-state index in [-0.39, 0.29) is 18.6 Å². The number of methoxy groups -OCH3 is 1. The third-order valence-corrected chi connectivity index (χ3v) is 6.31. The monoisotopic (exact) mass is 512 g/mol. The predicted octanol–water partition coefficient (Wildman–Crippen LogP) is 5.30. The van der Waals surface area contributed by atoms with E-state index in [1.807, 2.05) is 0 Å². The topological polar surface area (TPSA) is 125 Å². The molecule has 8 heteroatoms. The molecule has 0 radical (unpaired) electrons. The van der Waals surface area contributed by atoms with Crippen molar-refractivity contribution in [3.05, 3.63) is 54.1 Å². The summed E-state index contributed by atoms with van der Waals surface area (Å²) < 4.78 is 5.15. The Morgan fingerprint density at radius 1 is 0.865 bits per heavy atom. The predicted molar refractivity (Wildman–Crippen MR) is 144 cm³/mol. The van der Waals surface area contributed by atoms with Gasteiger partial charge in [-0.25, -0.2) is 0 Å². The number of aliphatic carboxylic acids is 1. The van der Waals surface area contributed by atoms with Crippen molar-refractivity contribution < 1.29 is 29.3 Å². The van der Waals surface area contributed by atoms with E-state index in [0.29, 0.717) is 17.9 Å². The van der Waals surface area contributed by atoms with Crippen LogP contribution in [-0.4, -0.2) is 41.1 Å². The van der Waals surface area contributed by atoms with Crippen LogP contribution < -0.4 is 15.4 Å². The van der Waals surface area contributed by atoms with E-state index in [1.54, 1.807) is 43.5 Å². The molecule has 0 aliphatic carbocycles.